The SMILES string of the molecule is COCc1nc2c(Cl)cc(F)cn2c1C(=O)O. The molecule has 90 valence electrons. The number of methoxy groups -OCH3 is 1. The number of rotatable bonds is 3. The van der Waals surface area contributed by atoms with Gasteiger partial charge in [-0.3, -0.25) is 4.40 Å². The number of carbonyl (C=O) groups is 1. The molecule has 2 aromatic heterocycles. The molecule has 0 aliphatic rings. The van der Waals surface area contributed by atoms with E-state index in [1.54, 1.807) is 0 Å². The second kappa shape index (κ2) is 4.31. The van der Waals surface area contributed by atoms with Crippen molar-refractivity contribution in [3.8, 4) is 0 Å². The maximum absolute atomic E-state index is 13.2. The number of carboxylic acids is 1. The molecule has 0 atom stereocenters. The van der Waals surface area contributed by atoms with E-state index >= 15 is 0 Å². The predicted molar refractivity (Wildman–Crippen MR) is 57.8 cm³/mol. The van der Waals surface area contributed by atoms with Crippen LogP contribution in [0.3, 0.4) is 0 Å². The highest BCUT2D eigenvalue weighted by Gasteiger charge is 2.20. The molecular weight excluding hydrogens is 251 g/mol. The third kappa shape index (κ3) is 1.96. The first kappa shape index (κ1) is 11.8. The lowest BCUT2D eigenvalue weighted by atomic mass is 10.3. The molecule has 1 N–H and O–H groups in total. The molecule has 0 aliphatic carbocycles. The highest BCUT2D eigenvalue weighted by Crippen LogP contribution is 2.22. The quantitative estimate of drug-likeness (QED) is 0.914. The van der Waals surface area contributed by atoms with E-state index in [4.69, 9.17) is 21.4 Å². The zero-order valence-electron chi connectivity index (χ0n) is 8.78. The Morgan fingerprint density at radius 3 is 3.00 bits per heavy atom. The van der Waals surface area contributed by atoms with Crippen LogP contribution in [0.2, 0.25) is 5.02 Å². The summed E-state index contributed by atoms with van der Waals surface area (Å²) in [5.41, 5.74) is 0.244. The van der Waals surface area contributed by atoms with Crippen molar-refractivity contribution >= 4 is 23.2 Å². The fourth-order valence-electron chi connectivity index (χ4n) is 1.58. The van der Waals surface area contributed by atoms with Crippen LogP contribution < -0.4 is 0 Å². The number of imidazole rings is 1. The number of pyridine rings is 1. The minimum atomic E-state index is -1.22. The summed E-state index contributed by atoms with van der Waals surface area (Å²) in [6, 6.07) is 1.08. The molecule has 0 saturated carbocycles. The third-order valence-corrected chi connectivity index (χ3v) is 2.48. The molecule has 0 aromatic carbocycles. The van der Waals surface area contributed by atoms with Crippen molar-refractivity contribution in [1.29, 1.82) is 0 Å². The number of hydrogen-bond acceptors (Lipinski definition) is 3. The summed E-state index contributed by atoms with van der Waals surface area (Å²) in [7, 11) is 1.41. The number of hydrogen-bond donors (Lipinski definition) is 1. The molecule has 0 spiro atoms. The third-order valence-electron chi connectivity index (χ3n) is 2.20. The Morgan fingerprint density at radius 2 is 2.41 bits per heavy atom. The van der Waals surface area contributed by atoms with E-state index in [2.05, 4.69) is 4.98 Å². The number of carboxylic acid groups (broad SMARTS) is 1. The Kier molecular flexibility index (Phi) is 2.99. The summed E-state index contributed by atoms with van der Waals surface area (Å²) < 4.78 is 19.1. The summed E-state index contributed by atoms with van der Waals surface area (Å²) >= 11 is 5.80. The van der Waals surface area contributed by atoms with E-state index in [1.165, 1.54) is 7.11 Å². The van der Waals surface area contributed by atoms with Crippen molar-refractivity contribution in [2.45, 2.75) is 6.61 Å². The molecule has 0 bridgehead atoms. The van der Waals surface area contributed by atoms with Crippen molar-refractivity contribution in [3.63, 3.8) is 0 Å². The molecule has 5 nitrogen and oxygen atoms in total. The topological polar surface area (TPSA) is 63.8 Å². The number of ether oxygens (including phenoxy) is 1. The number of fused-ring (bicyclic) bond motifs is 1. The molecule has 2 heterocycles. The molecule has 0 saturated heterocycles. The molecule has 0 amide bonds. The van der Waals surface area contributed by atoms with Crippen LogP contribution in [0, 0.1) is 5.82 Å². The van der Waals surface area contributed by atoms with Gasteiger partial charge in [0, 0.05) is 13.3 Å². The van der Waals surface area contributed by atoms with Gasteiger partial charge in [-0.05, 0) is 6.07 Å². The average molecular weight is 259 g/mol. The fraction of sp³-hybridized carbons (Fsp3) is 0.200. The van der Waals surface area contributed by atoms with Gasteiger partial charge in [-0.1, -0.05) is 11.6 Å². The van der Waals surface area contributed by atoms with Gasteiger partial charge < -0.3 is 9.84 Å². The summed E-state index contributed by atoms with van der Waals surface area (Å²) in [5.74, 6) is -1.85. The van der Waals surface area contributed by atoms with Crippen molar-refractivity contribution in [2.75, 3.05) is 7.11 Å². The fourth-order valence-corrected chi connectivity index (χ4v) is 1.82. The van der Waals surface area contributed by atoms with E-state index in [0.29, 0.717) is 0 Å². The Morgan fingerprint density at radius 1 is 1.71 bits per heavy atom. The maximum Gasteiger partial charge on any atom is 0.354 e. The normalized spacial score (nSPS) is 11.0. The standard InChI is InChI=1S/C10H8ClFN2O3/c1-17-4-7-8(10(15)16)14-3-5(12)2-6(11)9(14)13-7/h2-3H,4H2,1H3,(H,15,16). The lowest BCUT2D eigenvalue weighted by Gasteiger charge is -2.00. The predicted octanol–water partition coefficient (Wildman–Crippen LogP) is 1.97. The lowest BCUT2D eigenvalue weighted by molar-refractivity contribution is 0.0683. The molecule has 2 aromatic rings. The van der Waals surface area contributed by atoms with E-state index in [0.717, 1.165) is 16.7 Å². The Balaban J connectivity index is 2.80. The highest BCUT2D eigenvalue weighted by molar-refractivity contribution is 6.33. The van der Waals surface area contributed by atoms with Gasteiger partial charge in [0.05, 0.1) is 11.6 Å². The highest BCUT2D eigenvalue weighted by atomic mass is 35.5. The largest absolute Gasteiger partial charge is 0.477 e. The minimum Gasteiger partial charge on any atom is -0.477 e. The van der Waals surface area contributed by atoms with Gasteiger partial charge in [0.15, 0.2) is 11.3 Å². The number of aromatic carboxylic acids is 1. The molecule has 7 heteroatoms. The van der Waals surface area contributed by atoms with Gasteiger partial charge >= 0.3 is 5.97 Å². The number of halogens is 2. The lowest BCUT2D eigenvalue weighted by Crippen LogP contribution is -2.06. The molecule has 0 aliphatic heterocycles. The van der Waals surface area contributed by atoms with Crippen LogP contribution in [-0.4, -0.2) is 27.6 Å². The molecule has 0 unspecified atom stereocenters. The minimum absolute atomic E-state index is 0.0151. The first-order valence-electron chi connectivity index (χ1n) is 4.62. The van der Waals surface area contributed by atoms with E-state index in [9.17, 15) is 9.18 Å². The Labute approximate surface area is 100 Å². The van der Waals surface area contributed by atoms with Gasteiger partial charge in [-0.25, -0.2) is 14.2 Å². The van der Waals surface area contributed by atoms with Crippen molar-refractivity contribution < 1.29 is 19.0 Å². The summed E-state index contributed by atoms with van der Waals surface area (Å²) in [4.78, 5) is 15.1. The monoisotopic (exact) mass is 258 g/mol. The maximum atomic E-state index is 13.2. The number of nitrogens with zero attached hydrogens (tertiary/aromatic N) is 2. The molecular formula is C10H8ClFN2O3. The van der Waals surface area contributed by atoms with Crippen LogP contribution in [0.5, 0.6) is 0 Å². The second-order valence-electron chi connectivity index (χ2n) is 3.35. The van der Waals surface area contributed by atoms with Gasteiger partial charge in [-0.2, -0.15) is 0 Å². The van der Waals surface area contributed by atoms with Gasteiger partial charge in [0.1, 0.15) is 11.5 Å². The average Bonchev–Trinajstić information content (AvgIpc) is 2.57. The van der Waals surface area contributed by atoms with Gasteiger partial charge in [-0.15, -0.1) is 0 Å². The van der Waals surface area contributed by atoms with Crippen molar-refractivity contribution in [2.24, 2.45) is 0 Å². The molecule has 17 heavy (non-hydrogen) atoms. The van der Waals surface area contributed by atoms with Gasteiger partial charge in [0.25, 0.3) is 0 Å². The van der Waals surface area contributed by atoms with E-state index in [-0.39, 0.29) is 28.7 Å². The first-order chi connectivity index (χ1) is 8.04. The van der Waals surface area contributed by atoms with E-state index in [1.807, 2.05) is 0 Å². The van der Waals surface area contributed by atoms with Crippen LogP contribution in [0.4, 0.5) is 4.39 Å². The second-order valence-corrected chi connectivity index (χ2v) is 3.75. The van der Waals surface area contributed by atoms with Crippen LogP contribution in [0.25, 0.3) is 5.65 Å². The summed E-state index contributed by atoms with van der Waals surface area (Å²) in [6.45, 7) is 0.0151. The smallest absolute Gasteiger partial charge is 0.354 e. The van der Waals surface area contributed by atoms with Crippen molar-refractivity contribution in [3.05, 3.63) is 34.5 Å². The number of aromatic nitrogens is 2. The first-order valence-corrected chi connectivity index (χ1v) is 5.00. The molecule has 0 radical (unpaired) electrons. The zero-order valence-corrected chi connectivity index (χ0v) is 9.53. The molecule has 2 rings (SSSR count). The Hall–Kier alpha value is -1.66. The summed E-state index contributed by atoms with van der Waals surface area (Å²) in [5, 5.41) is 9.13. The molecule has 0 fully saturated rings. The van der Waals surface area contributed by atoms with Crippen LogP contribution >= 0.6 is 11.6 Å². The zero-order chi connectivity index (χ0) is 12.6. The van der Waals surface area contributed by atoms with E-state index < -0.39 is 11.8 Å². The van der Waals surface area contributed by atoms with Crippen molar-refractivity contribution in [1.82, 2.24) is 9.38 Å². The Bertz CT molecular complexity index is 597. The van der Waals surface area contributed by atoms with Crippen LogP contribution in [0.15, 0.2) is 12.3 Å². The van der Waals surface area contributed by atoms with Crippen LogP contribution in [-0.2, 0) is 11.3 Å². The van der Waals surface area contributed by atoms with Crippen LogP contribution in [0.1, 0.15) is 16.2 Å². The van der Waals surface area contributed by atoms with Gasteiger partial charge in [0.2, 0.25) is 0 Å². The summed E-state index contributed by atoms with van der Waals surface area (Å²) in [6.07, 6.45) is 1.02.